The largest absolute Gasteiger partial charge is 0.481 e. The summed E-state index contributed by atoms with van der Waals surface area (Å²) >= 11 is 0. The van der Waals surface area contributed by atoms with Gasteiger partial charge in [-0.15, -0.1) is 0 Å². The molecule has 0 radical (unpaired) electrons. The standard InChI is InChI=1S/C30H57NO7.C2H6.2CH3NO/c32-28(20-19-22-30(35)36)31-23-25-38-27-26-37-24-18-16-14-12-10-8-6-4-2-1-3-5-7-9-11-13-15-17-21-29(33)34;1-2;2*2-1-3/h1-27H2,(H,31,32)(H,33,34)(H,35,36);1-2H3;2*1H,(H2,2,3). The lowest BCUT2D eigenvalue weighted by atomic mass is 10.0. The Bertz CT molecular complexity index is 647. The van der Waals surface area contributed by atoms with Crippen LogP contribution in [0.1, 0.15) is 155 Å². The Balaban J connectivity index is -0.000000996. The lowest BCUT2D eigenvalue weighted by Gasteiger charge is -2.07. The monoisotopic (exact) mass is 664 g/mol. The minimum atomic E-state index is -0.877. The third-order valence-corrected chi connectivity index (χ3v) is 6.66. The summed E-state index contributed by atoms with van der Waals surface area (Å²) in [5, 5.41) is 19.9. The van der Waals surface area contributed by atoms with E-state index in [1.807, 2.05) is 13.8 Å². The number of primary amides is 2. The minimum absolute atomic E-state index is 0.0197. The van der Waals surface area contributed by atoms with Gasteiger partial charge in [-0.1, -0.05) is 117 Å². The molecule has 0 aromatic carbocycles. The maximum absolute atomic E-state index is 11.5. The van der Waals surface area contributed by atoms with Crippen LogP contribution in [0, 0.1) is 0 Å². The summed E-state index contributed by atoms with van der Waals surface area (Å²) in [5.74, 6) is -1.68. The summed E-state index contributed by atoms with van der Waals surface area (Å²) in [5.41, 5.74) is 8.33. The maximum atomic E-state index is 11.5. The van der Waals surface area contributed by atoms with Crippen LogP contribution in [0.3, 0.4) is 0 Å². The second-order valence-electron chi connectivity index (χ2n) is 10.6. The molecular formula is C34H69N3O9. The van der Waals surface area contributed by atoms with E-state index in [1.165, 1.54) is 96.3 Å². The predicted octanol–water partition coefficient (Wildman–Crippen LogP) is 6.12. The van der Waals surface area contributed by atoms with Crippen LogP contribution in [0.25, 0.3) is 0 Å². The van der Waals surface area contributed by atoms with Gasteiger partial charge < -0.3 is 36.5 Å². The van der Waals surface area contributed by atoms with Gasteiger partial charge in [0.05, 0.1) is 19.8 Å². The van der Waals surface area contributed by atoms with Gasteiger partial charge in [0.1, 0.15) is 0 Å². The van der Waals surface area contributed by atoms with Gasteiger partial charge >= 0.3 is 11.9 Å². The van der Waals surface area contributed by atoms with E-state index in [-0.39, 0.29) is 31.6 Å². The van der Waals surface area contributed by atoms with Crippen LogP contribution in [-0.2, 0) is 33.4 Å². The van der Waals surface area contributed by atoms with Gasteiger partial charge in [-0.2, -0.15) is 0 Å². The quantitative estimate of drug-likeness (QED) is 0.0427. The Kier molecular flexibility index (Phi) is 53.6. The smallest absolute Gasteiger partial charge is 0.303 e. The Morgan fingerprint density at radius 3 is 1.17 bits per heavy atom. The molecule has 0 atom stereocenters. The molecule has 0 aliphatic rings. The molecule has 0 bridgehead atoms. The van der Waals surface area contributed by atoms with Gasteiger partial charge in [-0.05, 0) is 19.3 Å². The molecule has 12 heteroatoms. The number of carbonyl (C=O) groups is 5. The van der Waals surface area contributed by atoms with Crippen LogP contribution in [0.4, 0.5) is 0 Å². The summed E-state index contributed by atoms with van der Waals surface area (Å²) < 4.78 is 11.0. The number of carboxylic acid groups (broad SMARTS) is 2. The van der Waals surface area contributed by atoms with Crippen molar-refractivity contribution in [1.82, 2.24) is 5.32 Å². The number of hydrogen-bond donors (Lipinski definition) is 5. The zero-order valence-electron chi connectivity index (χ0n) is 29.2. The van der Waals surface area contributed by atoms with Crippen molar-refractivity contribution in [2.45, 2.75) is 155 Å². The molecule has 274 valence electrons. The highest BCUT2D eigenvalue weighted by Crippen LogP contribution is 2.14. The molecule has 0 heterocycles. The van der Waals surface area contributed by atoms with Crippen molar-refractivity contribution in [3.05, 3.63) is 0 Å². The van der Waals surface area contributed by atoms with Gasteiger partial charge in [0, 0.05) is 32.4 Å². The van der Waals surface area contributed by atoms with E-state index in [1.54, 1.807) is 0 Å². The van der Waals surface area contributed by atoms with E-state index in [0.29, 0.717) is 39.2 Å². The lowest BCUT2D eigenvalue weighted by molar-refractivity contribution is -0.138. The van der Waals surface area contributed by atoms with Gasteiger partial charge in [-0.3, -0.25) is 24.0 Å². The summed E-state index contributed by atoms with van der Waals surface area (Å²) in [6.07, 6.45) is 24.2. The highest BCUT2D eigenvalue weighted by atomic mass is 16.5. The van der Waals surface area contributed by atoms with Crippen molar-refractivity contribution in [2.75, 3.05) is 33.0 Å². The second-order valence-corrected chi connectivity index (χ2v) is 10.6. The van der Waals surface area contributed by atoms with Crippen molar-refractivity contribution >= 4 is 30.7 Å². The van der Waals surface area contributed by atoms with E-state index in [4.69, 9.17) is 29.3 Å². The molecule has 7 N–H and O–H groups in total. The average molecular weight is 664 g/mol. The van der Waals surface area contributed by atoms with Crippen molar-refractivity contribution < 1.29 is 43.7 Å². The van der Waals surface area contributed by atoms with E-state index in [2.05, 4.69) is 16.8 Å². The first-order valence-corrected chi connectivity index (χ1v) is 17.5. The van der Waals surface area contributed by atoms with E-state index in [0.717, 1.165) is 25.9 Å². The number of nitrogens with one attached hydrogen (secondary N) is 1. The SMILES string of the molecule is CC.NC=O.NC=O.O=C(O)CCCCCCCCCCCCCCCCCCCCOCCOCCNC(=O)CCCC(=O)O. The average Bonchev–Trinajstić information content (AvgIpc) is 3.02. The summed E-state index contributed by atoms with van der Waals surface area (Å²) in [7, 11) is 0. The second kappa shape index (κ2) is 49.2. The number of unbranched alkanes of at least 4 members (excludes halogenated alkanes) is 17. The van der Waals surface area contributed by atoms with Crippen LogP contribution in [0.5, 0.6) is 0 Å². The molecule has 0 aromatic heterocycles. The number of nitrogens with two attached hydrogens (primary N) is 2. The van der Waals surface area contributed by atoms with Crippen molar-refractivity contribution in [3.8, 4) is 0 Å². The Morgan fingerprint density at radius 2 is 0.804 bits per heavy atom. The first-order valence-electron chi connectivity index (χ1n) is 17.5. The van der Waals surface area contributed by atoms with Crippen LogP contribution in [0.2, 0.25) is 0 Å². The van der Waals surface area contributed by atoms with Gasteiger partial charge in [0.15, 0.2) is 0 Å². The number of rotatable bonds is 31. The van der Waals surface area contributed by atoms with Gasteiger partial charge in [-0.25, -0.2) is 0 Å². The van der Waals surface area contributed by atoms with E-state index in [9.17, 15) is 14.4 Å². The molecule has 0 unspecified atom stereocenters. The molecule has 0 fully saturated rings. The van der Waals surface area contributed by atoms with Crippen molar-refractivity contribution in [3.63, 3.8) is 0 Å². The van der Waals surface area contributed by atoms with Crippen LogP contribution in [0.15, 0.2) is 0 Å². The zero-order valence-corrected chi connectivity index (χ0v) is 29.2. The number of amides is 3. The molecule has 0 aromatic rings. The lowest BCUT2D eigenvalue weighted by Crippen LogP contribution is -2.27. The number of aliphatic carboxylic acids is 2. The minimum Gasteiger partial charge on any atom is -0.481 e. The fraction of sp³-hybridized carbons (Fsp3) is 0.853. The highest BCUT2D eigenvalue weighted by Gasteiger charge is 2.03. The highest BCUT2D eigenvalue weighted by molar-refractivity contribution is 5.76. The molecule has 0 saturated heterocycles. The van der Waals surface area contributed by atoms with Crippen molar-refractivity contribution in [1.29, 1.82) is 0 Å². The zero-order chi connectivity index (χ0) is 35.4. The Hall–Kier alpha value is -2.73. The molecule has 0 rings (SSSR count). The first-order chi connectivity index (χ1) is 22.3. The number of hydrogen-bond acceptors (Lipinski definition) is 7. The number of carboxylic acids is 2. The fourth-order valence-corrected chi connectivity index (χ4v) is 4.38. The molecule has 12 nitrogen and oxygen atoms in total. The molecule has 0 aliphatic heterocycles. The van der Waals surface area contributed by atoms with Crippen LogP contribution < -0.4 is 16.8 Å². The fourth-order valence-electron chi connectivity index (χ4n) is 4.38. The normalized spacial score (nSPS) is 9.78. The van der Waals surface area contributed by atoms with Gasteiger partial charge in [0.25, 0.3) is 0 Å². The molecule has 0 aliphatic carbocycles. The molecular weight excluding hydrogens is 594 g/mol. The van der Waals surface area contributed by atoms with Gasteiger partial charge in [0.2, 0.25) is 18.7 Å². The van der Waals surface area contributed by atoms with Crippen LogP contribution in [-0.4, -0.2) is 73.9 Å². The number of carbonyl (C=O) groups excluding carboxylic acids is 3. The molecule has 0 saturated carbocycles. The van der Waals surface area contributed by atoms with E-state index >= 15 is 0 Å². The molecule has 0 spiro atoms. The Labute approximate surface area is 279 Å². The number of ether oxygens (including phenoxy) is 2. The summed E-state index contributed by atoms with van der Waals surface area (Å²) in [4.78, 5) is 49.5. The van der Waals surface area contributed by atoms with E-state index < -0.39 is 11.9 Å². The third kappa shape index (κ3) is 60.5. The topological polar surface area (TPSA) is 208 Å². The third-order valence-electron chi connectivity index (χ3n) is 6.66. The summed E-state index contributed by atoms with van der Waals surface area (Å²) in [6, 6.07) is 0. The molecule has 3 amide bonds. The van der Waals surface area contributed by atoms with Crippen LogP contribution >= 0.6 is 0 Å². The Morgan fingerprint density at radius 1 is 0.500 bits per heavy atom. The predicted molar refractivity (Wildman–Crippen MR) is 183 cm³/mol. The molecule has 46 heavy (non-hydrogen) atoms. The summed E-state index contributed by atoms with van der Waals surface area (Å²) in [6.45, 7) is 6.74. The first kappa shape index (κ1) is 50.1. The van der Waals surface area contributed by atoms with Crippen molar-refractivity contribution in [2.24, 2.45) is 11.5 Å². The maximum Gasteiger partial charge on any atom is 0.303 e.